The van der Waals surface area contributed by atoms with Crippen molar-refractivity contribution in [2.45, 2.75) is 13.5 Å². The highest BCUT2D eigenvalue weighted by Gasteiger charge is 2.13. The van der Waals surface area contributed by atoms with Crippen LogP contribution in [0.25, 0.3) is 11.3 Å². The Bertz CT molecular complexity index is 1050. The molecule has 0 fully saturated rings. The molecule has 156 valence electrons. The maximum absolute atomic E-state index is 12.5. The molecule has 1 aromatic heterocycles. The quantitative estimate of drug-likeness (QED) is 0.515. The van der Waals surface area contributed by atoms with Crippen LogP contribution in [0.15, 0.2) is 52.9 Å². The Morgan fingerprint density at radius 3 is 2.33 bits per heavy atom. The summed E-state index contributed by atoms with van der Waals surface area (Å²) >= 11 is 5.27. The molecule has 3 aromatic rings. The second-order valence-corrected chi connectivity index (χ2v) is 6.87. The summed E-state index contributed by atoms with van der Waals surface area (Å²) in [5.74, 6) is 1.81. The number of anilines is 1. The number of carbonyl (C=O) groups is 1. The van der Waals surface area contributed by atoms with E-state index in [1.54, 1.807) is 24.3 Å². The summed E-state index contributed by atoms with van der Waals surface area (Å²) in [6.45, 7) is 1.79. The molecule has 0 saturated heterocycles. The van der Waals surface area contributed by atoms with Gasteiger partial charge in [-0.3, -0.25) is 10.1 Å². The molecule has 30 heavy (non-hydrogen) atoms. The van der Waals surface area contributed by atoms with Crippen molar-refractivity contribution in [2.75, 3.05) is 19.5 Å². The molecule has 8 heteroatoms. The van der Waals surface area contributed by atoms with Gasteiger partial charge in [-0.1, -0.05) is 0 Å². The number of carbonyl (C=O) groups excluding carboxylic acids is 1. The van der Waals surface area contributed by atoms with E-state index in [0.29, 0.717) is 28.6 Å². The van der Waals surface area contributed by atoms with Crippen LogP contribution in [-0.4, -0.2) is 30.3 Å². The van der Waals surface area contributed by atoms with Gasteiger partial charge in [0.2, 0.25) is 0 Å². The lowest BCUT2D eigenvalue weighted by atomic mass is 10.1. The molecule has 0 atom stereocenters. The van der Waals surface area contributed by atoms with Gasteiger partial charge in [-0.15, -0.1) is 0 Å². The summed E-state index contributed by atoms with van der Waals surface area (Å²) < 4.78 is 16.0. The molecule has 7 nitrogen and oxygen atoms in total. The lowest BCUT2D eigenvalue weighted by Gasteiger charge is -2.12. The van der Waals surface area contributed by atoms with Crippen molar-refractivity contribution < 1.29 is 23.8 Å². The van der Waals surface area contributed by atoms with E-state index in [2.05, 4.69) is 10.6 Å². The zero-order valence-electron chi connectivity index (χ0n) is 16.8. The SMILES string of the molecule is COc1cc(OC)cc(C(=O)NC(=S)Nc2ccc(-c3ccc(CO)o3)c(C)c2)c1. The van der Waals surface area contributed by atoms with Crippen molar-refractivity contribution in [3.63, 3.8) is 0 Å². The van der Waals surface area contributed by atoms with E-state index in [1.165, 1.54) is 14.2 Å². The largest absolute Gasteiger partial charge is 0.497 e. The minimum absolute atomic E-state index is 0.147. The van der Waals surface area contributed by atoms with Gasteiger partial charge in [-0.25, -0.2) is 0 Å². The lowest BCUT2D eigenvalue weighted by molar-refractivity contribution is 0.0977. The number of hydrogen-bond acceptors (Lipinski definition) is 6. The van der Waals surface area contributed by atoms with E-state index in [4.69, 9.17) is 31.2 Å². The van der Waals surface area contributed by atoms with Crippen LogP contribution in [0.1, 0.15) is 21.7 Å². The Morgan fingerprint density at radius 2 is 1.77 bits per heavy atom. The number of ether oxygens (including phenoxy) is 2. The number of furan rings is 1. The number of aliphatic hydroxyl groups excluding tert-OH is 1. The fraction of sp³-hybridized carbons (Fsp3) is 0.182. The Labute approximate surface area is 179 Å². The maximum Gasteiger partial charge on any atom is 0.257 e. The number of amides is 1. The monoisotopic (exact) mass is 426 g/mol. The number of aliphatic hydroxyl groups is 1. The van der Waals surface area contributed by atoms with Gasteiger partial charge in [-0.2, -0.15) is 0 Å². The standard InChI is InChI=1S/C22H22N2O5S/c1-13-8-15(4-6-19(13)20-7-5-16(12-25)29-20)23-22(30)24-21(26)14-9-17(27-2)11-18(10-14)28-3/h4-11,25H,12H2,1-3H3,(H2,23,24,26,30). The van der Waals surface area contributed by atoms with Crippen LogP contribution in [0.2, 0.25) is 0 Å². The van der Waals surface area contributed by atoms with Crippen molar-refractivity contribution in [1.29, 1.82) is 0 Å². The summed E-state index contributed by atoms with van der Waals surface area (Å²) in [7, 11) is 3.03. The first kappa shape index (κ1) is 21.4. The Morgan fingerprint density at radius 1 is 1.07 bits per heavy atom. The van der Waals surface area contributed by atoms with E-state index in [1.807, 2.05) is 31.2 Å². The predicted molar refractivity (Wildman–Crippen MR) is 118 cm³/mol. The highest BCUT2D eigenvalue weighted by atomic mass is 32.1. The molecule has 1 heterocycles. The number of nitrogens with one attached hydrogen (secondary N) is 2. The van der Waals surface area contributed by atoms with E-state index < -0.39 is 0 Å². The number of hydrogen-bond donors (Lipinski definition) is 3. The minimum Gasteiger partial charge on any atom is -0.497 e. The highest BCUT2D eigenvalue weighted by molar-refractivity contribution is 7.80. The number of benzene rings is 2. The molecule has 0 saturated carbocycles. The molecule has 0 bridgehead atoms. The van der Waals surface area contributed by atoms with Crippen molar-refractivity contribution in [3.05, 3.63) is 65.4 Å². The zero-order valence-corrected chi connectivity index (χ0v) is 17.6. The van der Waals surface area contributed by atoms with Crippen LogP contribution < -0.4 is 20.1 Å². The molecule has 2 aromatic carbocycles. The molecule has 0 aliphatic rings. The van der Waals surface area contributed by atoms with E-state index in [0.717, 1.165) is 16.8 Å². The van der Waals surface area contributed by atoms with Gasteiger partial charge in [0.15, 0.2) is 5.11 Å². The summed E-state index contributed by atoms with van der Waals surface area (Å²) in [5, 5.41) is 15.0. The molecule has 3 N–H and O–H groups in total. The van der Waals surface area contributed by atoms with Gasteiger partial charge in [-0.05, 0) is 67.2 Å². The summed E-state index contributed by atoms with van der Waals surface area (Å²) in [4.78, 5) is 12.5. The minimum atomic E-state index is -0.384. The fourth-order valence-electron chi connectivity index (χ4n) is 2.90. The third-order valence-electron chi connectivity index (χ3n) is 4.41. The third-order valence-corrected chi connectivity index (χ3v) is 4.61. The van der Waals surface area contributed by atoms with Crippen LogP contribution >= 0.6 is 12.2 Å². The van der Waals surface area contributed by atoms with Gasteiger partial charge < -0.3 is 24.3 Å². The van der Waals surface area contributed by atoms with Crippen LogP contribution in [0.3, 0.4) is 0 Å². The van der Waals surface area contributed by atoms with Gasteiger partial charge in [0.05, 0.1) is 14.2 Å². The third kappa shape index (κ3) is 4.97. The number of methoxy groups -OCH3 is 2. The normalized spacial score (nSPS) is 10.4. The van der Waals surface area contributed by atoms with Crippen molar-refractivity contribution in [2.24, 2.45) is 0 Å². The number of aryl methyl sites for hydroxylation is 1. The second-order valence-electron chi connectivity index (χ2n) is 6.46. The lowest BCUT2D eigenvalue weighted by Crippen LogP contribution is -2.34. The molecule has 0 aliphatic carbocycles. The van der Waals surface area contributed by atoms with Crippen LogP contribution in [0.5, 0.6) is 11.5 Å². The first-order valence-corrected chi connectivity index (χ1v) is 9.50. The van der Waals surface area contributed by atoms with Gasteiger partial charge in [0.1, 0.15) is 29.6 Å². The van der Waals surface area contributed by atoms with Crippen molar-refractivity contribution in [3.8, 4) is 22.8 Å². The first-order valence-electron chi connectivity index (χ1n) is 9.09. The topological polar surface area (TPSA) is 93.0 Å². The smallest absolute Gasteiger partial charge is 0.257 e. The number of rotatable bonds is 6. The average Bonchev–Trinajstić information content (AvgIpc) is 3.22. The molecule has 0 unspecified atom stereocenters. The Kier molecular flexibility index (Phi) is 6.71. The molecular weight excluding hydrogens is 404 g/mol. The van der Waals surface area contributed by atoms with E-state index in [-0.39, 0.29) is 17.6 Å². The number of thiocarbonyl (C=S) groups is 1. The molecule has 0 radical (unpaired) electrons. The average molecular weight is 426 g/mol. The highest BCUT2D eigenvalue weighted by Crippen LogP contribution is 2.28. The summed E-state index contributed by atoms with van der Waals surface area (Å²) in [5.41, 5.74) is 2.93. The molecular formula is C22H22N2O5S. The fourth-order valence-corrected chi connectivity index (χ4v) is 3.11. The second kappa shape index (κ2) is 9.43. The first-order chi connectivity index (χ1) is 14.4. The van der Waals surface area contributed by atoms with Crippen molar-refractivity contribution in [1.82, 2.24) is 5.32 Å². The Balaban J connectivity index is 1.69. The van der Waals surface area contributed by atoms with Crippen LogP contribution in [0.4, 0.5) is 5.69 Å². The van der Waals surface area contributed by atoms with Gasteiger partial charge in [0.25, 0.3) is 5.91 Å². The molecule has 3 rings (SSSR count). The van der Waals surface area contributed by atoms with E-state index in [9.17, 15) is 4.79 Å². The van der Waals surface area contributed by atoms with Gasteiger partial charge >= 0.3 is 0 Å². The van der Waals surface area contributed by atoms with Crippen molar-refractivity contribution >= 4 is 28.9 Å². The predicted octanol–water partition coefficient (Wildman–Crippen LogP) is 3.89. The van der Waals surface area contributed by atoms with Crippen LogP contribution in [0, 0.1) is 6.92 Å². The molecule has 1 amide bonds. The molecule has 0 aliphatic heterocycles. The maximum atomic E-state index is 12.5. The molecule has 0 spiro atoms. The zero-order chi connectivity index (χ0) is 21.7. The van der Waals surface area contributed by atoms with E-state index >= 15 is 0 Å². The van der Waals surface area contributed by atoms with Crippen LogP contribution in [-0.2, 0) is 6.61 Å². The Hall–Kier alpha value is -3.36. The summed E-state index contributed by atoms with van der Waals surface area (Å²) in [6, 6.07) is 14.0. The summed E-state index contributed by atoms with van der Waals surface area (Å²) in [6.07, 6.45) is 0. The van der Waals surface area contributed by atoms with Gasteiger partial charge in [0, 0.05) is 22.9 Å².